The van der Waals surface area contributed by atoms with Gasteiger partial charge < -0.3 is 10.2 Å². The van der Waals surface area contributed by atoms with Crippen LogP contribution >= 0.6 is 0 Å². The number of aliphatic hydroxyl groups is 2. The van der Waals surface area contributed by atoms with E-state index in [0.717, 1.165) is 12.0 Å². The maximum Gasteiger partial charge on any atom is 0.0645 e. The van der Waals surface area contributed by atoms with Gasteiger partial charge in [0.2, 0.25) is 0 Å². The first-order valence-electron chi connectivity index (χ1n) is 6.86. The SMILES string of the molecule is CC1(C)CCC[C@@]2(C)[C@@H]1CC=C(CO)[C@@H]2CO. The third-order valence-electron chi connectivity index (χ3n) is 5.50. The van der Waals surface area contributed by atoms with Crippen molar-refractivity contribution in [1.82, 2.24) is 0 Å². The molecule has 0 unspecified atom stereocenters. The number of rotatable bonds is 2. The zero-order chi connectivity index (χ0) is 12.7. The van der Waals surface area contributed by atoms with Gasteiger partial charge in [-0.05, 0) is 41.6 Å². The Morgan fingerprint density at radius 3 is 2.53 bits per heavy atom. The van der Waals surface area contributed by atoms with Gasteiger partial charge in [0.15, 0.2) is 0 Å². The van der Waals surface area contributed by atoms with E-state index in [2.05, 4.69) is 26.8 Å². The summed E-state index contributed by atoms with van der Waals surface area (Å²) in [6, 6.07) is 0. The fraction of sp³-hybridized carbons (Fsp3) is 0.867. The van der Waals surface area contributed by atoms with Gasteiger partial charge in [-0.15, -0.1) is 0 Å². The van der Waals surface area contributed by atoms with Crippen molar-refractivity contribution in [2.45, 2.75) is 46.5 Å². The lowest BCUT2D eigenvalue weighted by atomic mass is 9.49. The summed E-state index contributed by atoms with van der Waals surface area (Å²) in [4.78, 5) is 0. The second kappa shape index (κ2) is 4.40. The molecular weight excluding hydrogens is 212 g/mol. The van der Waals surface area contributed by atoms with Crippen molar-refractivity contribution in [3.63, 3.8) is 0 Å². The van der Waals surface area contributed by atoms with Gasteiger partial charge in [0.25, 0.3) is 0 Å². The van der Waals surface area contributed by atoms with Crippen LogP contribution in [0.15, 0.2) is 11.6 Å². The van der Waals surface area contributed by atoms with Crippen molar-refractivity contribution < 1.29 is 10.2 Å². The molecule has 2 aliphatic carbocycles. The molecular formula is C15H26O2. The molecule has 1 fully saturated rings. The smallest absolute Gasteiger partial charge is 0.0645 e. The second-order valence-corrected chi connectivity index (χ2v) is 6.81. The van der Waals surface area contributed by atoms with Crippen LogP contribution in [0.5, 0.6) is 0 Å². The molecule has 2 nitrogen and oxygen atoms in total. The van der Waals surface area contributed by atoms with Crippen LogP contribution in [0.3, 0.4) is 0 Å². The van der Waals surface area contributed by atoms with Gasteiger partial charge in [-0.1, -0.05) is 33.3 Å². The lowest BCUT2D eigenvalue weighted by molar-refractivity contribution is -0.0539. The van der Waals surface area contributed by atoms with Crippen LogP contribution in [0.2, 0.25) is 0 Å². The van der Waals surface area contributed by atoms with E-state index in [4.69, 9.17) is 0 Å². The molecule has 0 aromatic rings. The van der Waals surface area contributed by atoms with Crippen LogP contribution in [0.25, 0.3) is 0 Å². The zero-order valence-corrected chi connectivity index (χ0v) is 11.4. The largest absolute Gasteiger partial charge is 0.396 e. The molecule has 0 spiro atoms. The molecule has 0 aromatic heterocycles. The molecule has 17 heavy (non-hydrogen) atoms. The van der Waals surface area contributed by atoms with Crippen molar-refractivity contribution >= 4 is 0 Å². The molecule has 1 saturated carbocycles. The van der Waals surface area contributed by atoms with E-state index in [-0.39, 0.29) is 24.5 Å². The first kappa shape index (κ1) is 13.1. The minimum atomic E-state index is 0.105. The van der Waals surface area contributed by atoms with Crippen LogP contribution in [-0.2, 0) is 0 Å². The van der Waals surface area contributed by atoms with Gasteiger partial charge in [-0.25, -0.2) is 0 Å². The molecule has 0 bridgehead atoms. The highest BCUT2D eigenvalue weighted by molar-refractivity contribution is 5.20. The molecule has 0 heterocycles. The van der Waals surface area contributed by atoms with Crippen molar-refractivity contribution in [2.24, 2.45) is 22.7 Å². The Hall–Kier alpha value is -0.340. The van der Waals surface area contributed by atoms with Crippen LogP contribution < -0.4 is 0 Å². The predicted octanol–water partition coefficient (Wildman–Crippen LogP) is 2.75. The van der Waals surface area contributed by atoms with Crippen LogP contribution in [0.4, 0.5) is 0 Å². The molecule has 0 aliphatic heterocycles. The summed E-state index contributed by atoms with van der Waals surface area (Å²) in [5.74, 6) is 0.794. The highest BCUT2D eigenvalue weighted by atomic mass is 16.3. The maximum absolute atomic E-state index is 9.71. The Morgan fingerprint density at radius 1 is 1.24 bits per heavy atom. The molecule has 0 saturated heterocycles. The fourth-order valence-corrected chi connectivity index (χ4v) is 4.51. The summed E-state index contributed by atoms with van der Waals surface area (Å²) in [6.45, 7) is 7.33. The monoisotopic (exact) mass is 238 g/mol. The Labute approximate surface area is 105 Å². The van der Waals surface area contributed by atoms with Gasteiger partial charge in [-0.2, -0.15) is 0 Å². The van der Waals surface area contributed by atoms with E-state index in [1.807, 2.05) is 0 Å². The average Bonchev–Trinajstić information content (AvgIpc) is 2.26. The second-order valence-electron chi connectivity index (χ2n) is 6.81. The highest BCUT2D eigenvalue weighted by Gasteiger charge is 2.51. The molecule has 98 valence electrons. The van der Waals surface area contributed by atoms with Crippen molar-refractivity contribution in [2.75, 3.05) is 13.2 Å². The van der Waals surface area contributed by atoms with Crippen molar-refractivity contribution in [3.05, 3.63) is 11.6 Å². The first-order chi connectivity index (χ1) is 7.95. The highest BCUT2D eigenvalue weighted by Crippen LogP contribution is 2.59. The molecule has 0 amide bonds. The first-order valence-corrected chi connectivity index (χ1v) is 6.86. The Balaban J connectivity index is 2.38. The minimum absolute atomic E-state index is 0.105. The standard InChI is InChI=1S/C15H26O2/c1-14(2)7-4-8-15(3)12(10-17)11(9-16)5-6-13(14)15/h5,12-13,16-17H,4,6-10H2,1-3H3/t12-,13+,15+/m0/s1. The normalized spacial score (nSPS) is 40.6. The molecule has 0 radical (unpaired) electrons. The number of hydrogen-bond acceptors (Lipinski definition) is 2. The van der Waals surface area contributed by atoms with Crippen molar-refractivity contribution in [1.29, 1.82) is 0 Å². The summed E-state index contributed by atoms with van der Waals surface area (Å²) < 4.78 is 0. The minimum Gasteiger partial charge on any atom is -0.396 e. The van der Waals surface area contributed by atoms with Crippen LogP contribution in [0, 0.1) is 22.7 Å². The number of allylic oxidation sites excluding steroid dienone is 1. The summed E-state index contributed by atoms with van der Waals surface area (Å²) in [6.07, 6.45) is 6.96. The van der Waals surface area contributed by atoms with E-state index >= 15 is 0 Å². The third-order valence-corrected chi connectivity index (χ3v) is 5.50. The summed E-state index contributed by atoms with van der Waals surface area (Å²) in [7, 11) is 0. The van der Waals surface area contributed by atoms with E-state index in [1.165, 1.54) is 19.3 Å². The van der Waals surface area contributed by atoms with E-state index in [1.54, 1.807) is 0 Å². The average molecular weight is 238 g/mol. The zero-order valence-electron chi connectivity index (χ0n) is 11.4. The fourth-order valence-electron chi connectivity index (χ4n) is 4.51. The van der Waals surface area contributed by atoms with E-state index in [9.17, 15) is 10.2 Å². The topological polar surface area (TPSA) is 40.5 Å². The molecule has 2 aliphatic rings. The van der Waals surface area contributed by atoms with Crippen molar-refractivity contribution in [3.8, 4) is 0 Å². The number of aliphatic hydroxyl groups excluding tert-OH is 2. The van der Waals surface area contributed by atoms with E-state index in [0.29, 0.717) is 11.3 Å². The lowest BCUT2D eigenvalue weighted by Crippen LogP contribution is -2.50. The Morgan fingerprint density at radius 2 is 1.94 bits per heavy atom. The lowest BCUT2D eigenvalue weighted by Gasteiger charge is -2.56. The summed E-state index contributed by atoms with van der Waals surface area (Å²) in [5, 5.41) is 19.2. The van der Waals surface area contributed by atoms with Crippen LogP contribution in [-0.4, -0.2) is 23.4 Å². The molecule has 3 atom stereocenters. The molecule has 0 aromatic carbocycles. The number of hydrogen-bond donors (Lipinski definition) is 2. The predicted molar refractivity (Wildman–Crippen MR) is 69.6 cm³/mol. The van der Waals surface area contributed by atoms with Gasteiger partial charge in [-0.3, -0.25) is 0 Å². The molecule has 2 heteroatoms. The van der Waals surface area contributed by atoms with E-state index < -0.39 is 0 Å². The number of fused-ring (bicyclic) bond motifs is 1. The molecule has 2 rings (SSSR count). The van der Waals surface area contributed by atoms with Gasteiger partial charge in [0.1, 0.15) is 0 Å². The van der Waals surface area contributed by atoms with Gasteiger partial charge in [0, 0.05) is 5.92 Å². The van der Waals surface area contributed by atoms with Crippen LogP contribution in [0.1, 0.15) is 46.5 Å². The van der Waals surface area contributed by atoms with Gasteiger partial charge >= 0.3 is 0 Å². The molecule has 2 N–H and O–H groups in total. The maximum atomic E-state index is 9.71. The summed E-state index contributed by atoms with van der Waals surface area (Å²) >= 11 is 0. The van der Waals surface area contributed by atoms with Gasteiger partial charge in [0.05, 0.1) is 13.2 Å². The Kier molecular flexibility index (Phi) is 3.39. The third kappa shape index (κ3) is 1.96. The summed E-state index contributed by atoms with van der Waals surface area (Å²) in [5.41, 5.74) is 1.59. The quantitative estimate of drug-likeness (QED) is 0.726. The Bertz CT molecular complexity index is 319.